The van der Waals surface area contributed by atoms with Crippen LogP contribution in [-0.4, -0.2) is 28.6 Å². The van der Waals surface area contributed by atoms with Gasteiger partial charge >= 0.3 is 12.0 Å². The van der Waals surface area contributed by atoms with Crippen LogP contribution in [0, 0.1) is 11.3 Å². The summed E-state index contributed by atoms with van der Waals surface area (Å²) in [5.41, 5.74) is 2.76. The predicted octanol–water partition coefficient (Wildman–Crippen LogP) is 6.35. The van der Waals surface area contributed by atoms with E-state index in [0.29, 0.717) is 18.9 Å². The molecule has 0 aromatic heterocycles. The molecule has 2 amide bonds. The number of aryl methyl sites for hydroxylation is 1. The summed E-state index contributed by atoms with van der Waals surface area (Å²) in [7, 11) is 0. The van der Waals surface area contributed by atoms with Gasteiger partial charge < -0.3 is 15.3 Å². The van der Waals surface area contributed by atoms with Crippen LogP contribution in [0.1, 0.15) is 78.4 Å². The van der Waals surface area contributed by atoms with Gasteiger partial charge in [0.2, 0.25) is 0 Å². The van der Waals surface area contributed by atoms with Crippen LogP contribution in [0.3, 0.4) is 0 Å². The number of hydrogen-bond donors (Lipinski definition) is 2. The zero-order valence-electron chi connectivity index (χ0n) is 19.7. The van der Waals surface area contributed by atoms with Gasteiger partial charge in [-0.2, -0.15) is 0 Å². The topological polar surface area (TPSA) is 69.6 Å². The molecule has 1 aliphatic heterocycles. The number of amides is 2. The highest BCUT2D eigenvalue weighted by molar-refractivity contribution is 6.31. The van der Waals surface area contributed by atoms with Crippen LogP contribution in [-0.2, 0) is 16.8 Å². The maximum Gasteiger partial charge on any atom is 0.322 e. The summed E-state index contributed by atoms with van der Waals surface area (Å²) in [5.74, 6) is -0.446. The Morgan fingerprint density at radius 3 is 2.52 bits per heavy atom. The molecule has 0 radical (unpaired) electrons. The van der Waals surface area contributed by atoms with Gasteiger partial charge in [0.05, 0.1) is 5.54 Å². The zero-order chi connectivity index (χ0) is 23.4. The van der Waals surface area contributed by atoms with Crippen LogP contribution in [0.25, 0.3) is 0 Å². The van der Waals surface area contributed by atoms with Gasteiger partial charge in [0, 0.05) is 24.2 Å². The number of nitrogens with zero attached hydrogens (tertiary/aromatic N) is 1. The van der Waals surface area contributed by atoms with Gasteiger partial charge in [-0.05, 0) is 66.7 Å². The van der Waals surface area contributed by atoms with E-state index in [1.807, 2.05) is 19.2 Å². The molecule has 0 aliphatic carbocycles. The Kier molecular flexibility index (Phi) is 8.21. The first-order valence-electron chi connectivity index (χ1n) is 11.1. The number of carbonyl (C=O) groups is 2. The molecule has 0 spiro atoms. The van der Waals surface area contributed by atoms with Crippen LogP contribution in [0.2, 0.25) is 5.02 Å². The second-order valence-corrected chi connectivity index (χ2v) is 10.8. The molecule has 0 fully saturated rings. The number of benzene rings is 1. The lowest BCUT2D eigenvalue weighted by Crippen LogP contribution is -2.54. The quantitative estimate of drug-likeness (QED) is 0.462. The molecule has 0 saturated heterocycles. The molecule has 172 valence electrons. The normalized spacial score (nSPS) is 19.4. The standard InChI is InChI=1S/C25H37ClN2O3/c1-17(2)14-20-16-28(13-7-8-22(29)30)23(31)27-25(20,6)19-10-9-18(21(26)15-19)11-12-24(3,4)5/h9-10,15-17H,7-8,11-14H2,1-6H3,(H,27,31)(H,29,30)/t25-/m1/s1. The maximum absolute atomic E-state index is 12.8. The largest absolute Gasteiger partial charge is 0.481 e. The summed E-state index contributed by atoms with van der Waals surface area (Å²) < 4.78 is 0. The molecule has 0 bridgehead atoms. The molecule has 2 rings (SSSR count). The van der Waals surface area contributed by atoms with E-state index in [1.165, 1.54) is 0 Å². The minimum Gasteiger partial charge on any atom is -0.481 e. The molecular formula is C25H37ClN2O3. The molecule has 1 aromatic rings. The first kappa shape index (κ1) is 25.3. The highest BCUT2D eigenvalue weighted by Crippen LogP contribution is 2.38. The van der Waals surface area contributed by atoms with Crippen molar-refractivity contribution >= 4 is 23.6 Å². The number of hydrogen-bond acceptors (Lipinski definition) is 2. The lowest BCUT2D eigenvalue weighted by molar-refractivity contribution is -0.137. The van der Waals surface area contributed by atoms with E-state index in [1.54, 1.807) is 4.90 Å². The second kappa shape index (κ2) is 10.1. The smallest absolute Gasteiger partial charge is 0.322 e. The first-order chi connectivity index (χ1) is 14.3. The van der Waals surface area contributed by atoms with Crippen molar-refractivity contribution in [1.29, 1.82) is 0 Å². The average molecular weight is 449 g/mol. The van der Waals surface area contributed by atoms with E-state index < -0.39 is 11.5 Å². The van der Waals surface area contributed by atoms with Crippen molar-refractivity contribution in [3.05, 3.63) is 46.1 Å². The highest BCUT2D eigenvalue weighted by Gasteiger charge is 2.38. The number of aliphatic carboxylic acids is 1. The summed E-state index contributed by atoms with van der Waals surface area (Å²) in [5, 5.41) is 12.8. The zero-order valence-corrected chi connectivity index (χ0v) is 20.5. The number of carbonyl (C=O) groups excluding carboxylic acids is 1. The van der Waals surface area contributed by atoms with E-state index in [-0.39, 0.29) is 17.9 Å². The summed E-state index contributed by atoms with van der Waals surface area (Å²) in [6.45, 7) is 13.4. The summed E-state index contributed by atoms with van der Waals surface area (Å²) in [6.07, 6.45) is 5.14. The number of halogens is 1. The van der Waals surface area contributed by atoms with Gasteiger partial charge in [-0.3, -0.25) is 4.79 Å². The Balaban J connectivity index is 2.32. The van der Waals surface area contributed by atoms with E-state index in [2.05, 4.69) is 52.1 Å². The Hall–Kier alpha value is -2.01. The number of carboxylic acids is 1. The van der Waals surface area contributed by atoms with Crippen molar-refractivity contribution in [3.8, 4) is 0 Å². The van der Waals surface area contributed by atoms with Crippen LogP contribution in [0.5, 0.6) is 0 Å². The minimum atomic E-state index is -0.852. The van der Waals surface area contributed by atoms with Crippen molar-refractivity contribution in [2.24, 2.45) is 11.3 Å². The average Bonchev–Trinajstić information content (AvgIpc) is 2.63. The number of nitrogens with one attached hydrogen (secondary N) is 1. The fraction of sp³-hybridized carbons (Fsp3) is 0.600. The van der Waals surface area contributed by atoms with Crippen molar-refractivity contribution < 1.29 is 14.7 Å². The summed E-state index contributed by atoms with van der Waals surface area (Å²) >= 11 is 6.66. The highest BCUT2D eigenvalue weighted by atomic mass is 35.5. The fourth-order valence-corrected chi connectivity index (χ4v) is 4.11. The van der Waals surface area contributed by atoms with Crippen LogP contribution in [0.4, 0.5) is 4.79 Å². The Morgan fingerprint density at radius 2 is 1.97 bits per heavy atom. The monoisotopic (exact) mass is 448 g/mol. The molecule has 1 aromatic carbocycles. The number of rotatable bonds is 9. The van der Waals surface area contributed by atoms with Gasteiger partial charge in [0.25, 0.3) is 0 Å². The predicted molar refractivity (Wildman–Crippen MR) is 126 cm³/mol. The number of carboxylic acid groups (broad SMARTS) is 1. The SMILES string of the molecule is CC(C)CC1=CN(CCCC(=O)O)C(=O)N[C@]1(C)c1ccc(CCC(C)(C)C)c(Cl)c1. The van der Waals surface area contributed by atoms with Crippen molar-refractivity contribution in [2.75, 3.05) is 6.54 Å². The van der Waals surface area contributed by atoms with Gasteiger partial charge in [0.15, 0.2) is 0 Å². The molecule has 0 saturated carbocycles. The maximum atomic E-state index is 12.8. The molecule has 2 N–H and O–H groups in total. The van der Waals surface area contributed by atoms with Gasteiger partial charge in [-0.1, -0.05) is 58.4 Å². The van der Waals surface area contributed by atoms with Crippen LogP contribution in [0.15, 0.2) is 30.0 Å². The third-order valence-electron chi connectivity index (χ3n) is 5.76. The molecule has 1 atom stereocenters. The van der Waals surface area contributed by atoms with Gasteiger partial charge in [0.1, 0.15) is 0 Å². The first-order valence-corrected chi connectivity index (χ1v) is 11.5. The Bertz CT molecular complexity index is 842. The van der Waals surface area contributed by atoms with E-state index in [4.69, 9.17) is 16.7 Å². The minimum absolute atomic E-state index is 0.0417. The van der Waals surface area contributed by atoms with Crippen molar-refractivity contribution in [2.45, 2.75) is 79.2 Å². The molecule has 5 nitrogen and oxygen atoms in total. The molecule has 31 heavy (non-hydrogen) atoms. The molecule has 6 heteroatoms. The number of urea groups is 1. The summed E-state index contributed by atoms with van der Waals surface area (Å²) in [6, 6.07) is 5.91. The van der Waals surface area contributed by atoms with Crippen molar-refractivity contribution in [1.82, 2.24) is 10.2 Å². The second-order valence-electron chi connectivity index (χ2n) is 10.4. The Labute approximate surface area is 191 Å². The fourth-order valence-electron chi connectivity index (χ4n) is 3.83. The van der Waals surface area contributed by atoms with E-state index >= 15 is 0 Å². The molecule has 1 aliphatic rings. The van der Waals surface area contributed by atoms with Crippen molar-refractivity contribution in [3.63, 3.8) is 0 Å². The lowest BCUT2D eigenvalue weighted by Gasteiger charge is -2.41. The van der Waals surface area contributed by atoms with Gasteiger partial charge in [-0.25, -0.2) is 4.79 Å². The molecule has 1 heterocycles. The van der Waals surface area contributed by atoms with Crippen LogP contribution >= 0.6 is 11.6 Å². The third-order valence-corrected chi connectivity index (χ3v) is 6.12. The molecular weight excluding hydrogens is 412 g/mol. The van der Waals surface area contributed by atoms with Gasteiger partial charge in [-0.15, -0.1) is 0 Å². The third kappa shape index (κ3) is 6.99. The van der Waals surface area contributed by atoms with E-state index in [9.17, 15) is 9.59 Å². The molecule has 0 unspecified atom stereocenters. The summed E-state index contributed by atoms with van der Waals surface area (Å²) in [4.78, 5) is 25.3. The van der Waals surface area contributed by atoms with Crippen LogP contribution < -0.4 is 5.32 Å². The Morgan fingerprint density at radius 1 is 1.29 bits per heavy atom. The lowest BCUT2D eigenvalue weighted by atomic mass is 9.79. The van der Waals surface area contributed by atoms with E-state index in [0.717, 1.165) is 41.0 Å².